The van der Waals surface area contributed by atoms with E-state index in [2.05, 4.69) is 10.6 Å². The largest absolute Gasteiger partial charge is 0.444 e. The Morgan fingerprint density at radius 1 is 1.28 bits per heavy atom. The Labute approximate surface area is 158 Å². The van der Waals surface area contributed by atoms with Crippen molar-refractivity contribution in [2.45, 2.75) is 70.4 Å². The molecule has 5 nitrogen and oxygen atoms in total. The van der Waals surface area contributed by atoms with Gasteiger partial charge in [0, 0.05) is 17.8 Å². The van der Waals surface area contributed by atoms with Crippen LogP contribution < -0.4 is 10.6 Å². The summed E-state index contributed by atoms with van der Waals surface area (Å²) in [5.74, 6) is 0.0115. The molecule has 1 aliphatic rings. The summed E-state index contributed by atoms with van der Waals surface area (Å²) in [6.45, 7) is 5.89. The number of aryl methyl sites for hydroxylation is 1. The first-order chi connectivity index (χ1) is 11.7. The summed E-state index contributed by atoms with van der Waals surface area (Å²) in [5, 5.41) is 5.96. The van der Waals surface area contributed by atoms with Crippen LogP contribution in [0, 0.1) is 0 Å². The Hall–Kier alpha value is -1.27. The molecule has 0 saturated heterocycles. The maximum absolute atomic E-state index is 12.4. The van der Waals surface area contributed by atoms with Crippen LogP contribution in [0.15, 0.2) is 12.1 Å². The molecule has 140 valence electrons. The second-order valence-electron chi connectivity index (χ2n) is 7.60. The van der Waals surface area contributed by atoms with Gasteiger partial charge in [0.1, 0.15) is 5.60 Å². The molecule has 0 aromatic carbocycles. The Bertz CT molecular complexity index is 604. The van der Waals surface area contributed by atoms with Gasteiger partial charge in [0.25, 0.3) is 0 Å². The van der Waals surface area contributed by atoms with Crippen molar-refractivity contribution >= 4 is 34.9 Å². The molecule has 1 fully saturated rings. The molecule has 1 heterocycles. The standard InChI is InChI=1S/C18H27ClN2O3S/c1-17(2,3)24-16(23)20-12-18(10-4-5-11-18)21-15(22)9-7-13-6-8-14(19)25-13/h6,8H,4-5,7,9-12H2,1-3H3,(H,20,23)(H,21,22). The first-order valence-electron chi connectivity index (χ1n) is 8.70. The highest BCUT2D eigenvalue weighted by molar-refractivity contribution is 7.16. The van der Waals surface area contributed by atoms with Gasteiger partial charge < -0.3 is 15.4 Å². The molecule has 1 aromatic heterocycles. The van der Waals surface area contributed by atoms with Gasteiger partial charge in [-0.15, -0.1) is 11.3 Å². The fraction of sp³-hybridized carbons (Fsp3) is 0.667. The topological polar surface area (TPSA) is 67.4 Å². The third-order valence-electron chi connectivity index (χ3n) is 4.16. The summed E-state index contributed by atoms with van der Waals surface area (Å²) in [6, 6.07) is 3.80. The zero-order valence-corrected chi connectivity index (χ0v) is 16.7. The number of thiophene rings is 1. The van der Waals surface area contributed by atoms with Crippen LogP contribution in [0.2, 0.25) is 4.34 Å². The zero-order chi connectivity index (χ0) is 18.5. The highest BCUT2D eigenvalue weighted by Crippen LogP contribution is 2.29. The number of halogens is 1. The monoisotopic (exact) mass is 386 g/mol. The van der Waals surface area contributed by atoms with Crippen LogP contribution in [-0.2, 0) is 16.0 Å². The summed E-state index contributed by atoms with van der Waals surface area (Å²) in [4.78, 5) is 25.4. The lowest BCUT2D eigenvalue weighted by atomic mass is 9.97. The molecule has 0 unspecified atom stereocenters. The number of ether oxygens (including phenoxy) is 1. The molecule has 2 amide bonds. The van der Waals surface area contributed by atoms with Crippen LogP contribution in [0.5, 0.6) is 0 Å². The van der Waals surface area contributed by atoms with E-state index in [-0.39, 0.29) is 11.4 Å². The van der Waals surface area contributed by atoms with Crippen LogP contribution >= 0.6 is 22.9 Å². The third kappa shape index (κ3) is 6.86. The van der Waals surface area contributed by atoms with Gasteiger partial charge in [0.05, 0.1) is 9.88 Å². The minimum Gasteiger partial charge on any atom is -0.444 e. The number of hydrogen-bond donors (Lipinski definition) is 2. The summed E-state index contributed by atoms with van der Waals surface area (Å²) >= 11 is 7.42. The SMILES string of the molecule is CC(C)(C)OC(=O)NCC1(NC(=O)CCc2ccc(Cl)s2)CCCC1. The number of nitrogens with one attached hydrogen (secondary N) is 2. The minimum absolute atomic E-state index is 0.0115. The zero-order valence-electron chi connectivity index (χ0n) is 15.1. The van der Waals surface area contributed by atoms with Gasteiger partial charge in [-0.1, -0.05) is 24.4 Å². The van der Waals surface area contributed by atoms with Gasteiger partial charge in [-0.2, -0.15) is 0 Å². The predicted molar refractivity (Wildman–Crippen MR) is 101 cm³/mol. The summed E-state index contributed by atoms with van der Waals surface area (Å²) in [6.07, 6.45) is 4.51. The van der Waals surface area contributed by atoms with Crippen molar-refractivity contribution < 1.29 is 14.3 Å². The lowest BCUT2D eigenvalue weighted by Crippen LogP contribution is -2.54. The van der Waals surface area contributed by atoms with E-state index < -0.39 is 11.7 Å². The van der Waals surface area contributed by atoms with Crippen LogP contribution in [0.4, 0.5) is 4.79 Å². The van der Waals surface area contributed by atoms with E-state index in [1.54, 1.807) is 0 Å². The van der Waals surface area contributed by atoms with Crippen LogP contribution in [-0.4, -0.2) is 29.7 Å². The summed E-state index contributed by atoms with van der Waals surface area (Å²) in [7, 11) is 0. The highest BCUT2D eigenvalue weighted by atomic mass is 35.5. The van der Waals surface area contributed by atoms with Crippen molar-refractivity contribution in [3.8, 4) is 0 Å². The quantitative estimate of drug-likeness (QED) is 0.766. The van der Waals surface area contributed by atoms with Crippen molar-refractivity contribution in [3.63, 3.8) is 0 Å². The number of carbonyl (C=O) groups is 2. The highest BCUT2D eigenvalue weighted by Gasteiger charge is 2.36. The molecular formula is C18H27ClN2O3S. The lowest BCUT2D eigenvalue weighted by Gasteiger charge is -2.31. The Morgan fingerprint density at radius 3 is 2.52 bits per heavy atom. The molecule has 7 heteroatoms. The molecule has 0 atom stereocenters. The van der Waals surface area contributed by atoms with E-state index in [0.717, 1.165) is 34.9 Å². The maximum atomic E-state index is 12.4. The van der Waals surface area contributed by atoms with Gasteiger partial charge >= 0.3 is 6.09 Å². The molecular weight excluding hydrogens is 360 g/mol. The Kier molecular flexibility index (Phi) is 6.74. The predicted octanol–water partition coefficient (Wildman–Crippen LogP) is 4.29. The van der Waals surface area contributed by atoms with E-state index in [0.29, 0.717) is 19.4 Å². The van der Waals surface area contributed by atoms with Crippen molar-refractivity contribution in [1.29, 1.82) is 0 Å². The summed E-state index contributed by atoms with van der Waals surface area (Å²) < 4.78 is 6.02. The molecule has 1 aliphatic carbocycles. The van der Waals surface area contributed by atoms with Crippen LogP contribution in [0.3, 0.4) is 0 Å². The van der Waals surface area contributed by atoms with Gasteiger partial charge in [0.15, 0.2) is 0 Å². The second kappa shape index (κ2) is 8.41. The fourth-order valence-corrected chi connectivity index (χ4v) is 4.12. The van der Waals surface area contributed by atoms with Crippen LogP contribution in [0.25, 0.3) is 0 Å². The minimum atomic E-state index is -0.530. The van der Waals surface area contributed by atoms with E-state index in [4.69, 9.17) is 16.3 Å². The average molecular weight is 387 g/mol. The molecule has 0 aliphatic heterocycles. The molecule has 1 saturated carbocycles. The fourth-order valence-electron chi connectivity index (χ4n) is 3.03. The molecule has 0 bridgehead atoms. The van der Waals surface area contributed by atoms with E-state index in [1.165, 1.54) is 11.3 Å². The van der Waals surface area contributed by atoms with Gasteiger partial charge in [-0.05, 0) is 52.2 Å². The molecule has 25 heavy (non-hydrogen) atoms. The van der Waals surface area contributed by atoms with Crippen molar-refractivity contribution in [2.75, 3.05) is 6.54 Å². The third-order valence-corrected chi connectivity index (χ3v) is 5.45. The van der Waals surface area contributed by atoms with E-state index in [9.17, 15) is 9.59 Å². The van der Waals surface area contributed by atoms with E-state index >= 15 is 0 Å². The van der Waals surface area contributed by atoms with Crippen LogP contribution in [0.1, 0.15) is 57.8 Å². The molecule has 2 rings (SSSR count). The average Bonchev–Trinajstić information content (AvgIpc) is 3.11. The van der Waals surface area contributed by atoms with Crippen molar-refractivity contribution in [1.82, 2.24) is 10.6 Å². The number of carbonyl (C=O) groups excluding carboxylic acids is 2. The Balaban J connectivity index is 1.84. The number of rotatable bonds is 6. The first-order valence-corrected chi connectivity index (χ1v) is 9.89. The first kappa shape index (κ1) is 20.0. The molecule has 1 aromatic rings. The smallest absolute Gasteiger partial charge is 0.407 e. The summed E-state index contributed by atoms with van der Waals surface area (Å²) in [5.41, 5.74) is -0.890. The normalized spacial score (nSPS) is 16.5. The van der Waals surface area contributed by atoms with Crippen molar-refractivity contribution in [3.05, 3.63) is 21.3 Å². The number of hydrogen-bond acceptors (Lipinski definition) is 4. The number of alkyl carbamates (subject to hydrolysis) is 1. The molecule has 2 N–H and O–H groups in total. The lowest BCUT2D eigenvalue weighted by molar-refractivity contribution is -0.123. The van der Waals surface area contributed by atoms with E-state index in [1.807, 2.05) is 32.9 Å². The maximum Gasteiger partial charge on any atom is 0.407 e. The van der Waals surface area contributed by atoms with Gasteiger partial charge in [0.2, 0.25) is 5.91 Å². The molecule has 0 spiro atoms. The number of amides is 2. The van der Waals surface area contributed by atoms with Gasteiger partial charge in [-0.3, -0.25) is 4.79 Å². The van der Waals surface area contributed by atoms with Crippen molar-refractivity contribution in [2.24, 2.45) is 0 Å². The molecule has 0 radical (unpaired) electrons. The second-order valence-corrected chi connectivity index (χ2v) is 9.40. The Morgan fingerprint density at radius 2 is 1.96 bits per heavy atom. The van der Waals surface area contributed by atoms with Gasteiger partial charge in [-0.25, -0.2) is 4.79 Å².